The Morgan fingerprint density at radius 2 is 1.86 bits per heavy atom. The Balaban J connectivity index is 1.24. The van der Waals surface area contributed by atoms with Crippen LogP contribution in [0.3, 0.4) is 0 Å². The summed E-state index contributed by atoms with van der Waals surface area (Å²) in [6.45, 7) is 5.75. The van der Waals surface area contributed by atoms with Gasteiger partial charge in [-0.3, -0.25) is 0 Å². The normalized spacial score (nSPS) is 21.1. The van der Waals surface area contributed by atoms with E-state index in [0.717, 1.165) is 22.6 Å². The number of aliphatic imine (C=N–C) groups is 1. The van der Waals surface area contributed by atoms with Crippen molar-refractivity contribution < 1.29 is 18.7 Å². The second-order valence-corrected chi connectivity index (χ2v) is 13.3. The second kappa shape index (κ2) is 13.4. The molecule has 6 heterocycles. The van der Waals surface area contributed by atoms with Gasteiger partial charge in [0, 0.05) is 55.3 Å². The van der Waals surface area contributed by atoms with Gasteiger partial charge in [0.15, 0.2) is 29.2 Å². The number of aryl methyl sites for hydroxylation is 1. The van der Waals surface area contributed by atoms with Crippen molar-refractivity contribution in [3.63, 3.8) is 0 Å². The van der Waals surface area contributed by atoms with Crippen LogP contribution >= 0.6 is 11.8 Å². The van der Waals surface area contributed by atoms with E-state index in [9.17, 15) is 5.26 Å². The first-order valence-electron chi connectivity index (χ1n) is 15.6. The second-order valence-electron chi connectivity index (χ2n) is 12.3. The molecule has 0 radical (unpaired) electrons. The Morgan fingerprint density at radius 3 is 2.61 bits per heavy atom. The van der Waals surface area contributed by atoms with Crippen LogP contribution in [-0.2, 0) is 20.0 Å². The summed E-state index contributed by atoms with van der Waals surface area (Å²) in [5.41, 5.74) is 4.56. The van der Waals surface area contributed by atoms with E-state index in [-0.39, 0.29) is 18.0 Å². The van der Waals surface area contributed by atoms with Crippen LogP contribution in [0.1, 0.15) is 48.3 Å². The minimum absolute atomic E-state index is 0.0300. The Bertz CT molecular complexity index is 2110. The highest BCUT2D eigenvalue weighted by Gasteiger charge is 2.56. The fourth-order valence-electron chi connectivity index (χ4n) is 5.90. The predicted molar refractivity (Wildman–Crippen MR) is 183 cm³/mol. The molecule has 0 saturated carbocycles. The van der Waals surface area contributed by atoms with Crippen LogP contribution in [0.5, 0.6) is 0 Å². The van der Waals surface area contributed by atoms with E-state index in [1.54, 1.807) is 35.4 Å². The number of hydrogen-bond acceptors (Lipinski definition) is 12. The maximum atomic E-state index is 9.88. The Hall–Kier alpha value is -5.12. The molecule has 5 aromatic rings. The van der Waals surface area contributed by atoms with Crippen LogP contribution < -0.4 is 0 Å². The van der Waals surface area contributed by atoms with Gasteiger partial charge in [0.1, 0.15) is 24.6 Å². The molecule has 2 saturated heterocycles. The number of thioether (sulfide) groups is 1. The third-order valence-electron chi connectivity index (χ3n) is 8.01. The lowest BCUT2D eigenvalue weighted by Gasteiger charge is -2.25. The van der Waals surface area contributed by atoms with Gasteiger partial charge in [-0.25, -0.2) is 19.9 Å². The molecule has 248 valence electrons. The topological polar surface area (TPSA) is 150 Å². The summed E-state index contributed by atoms with van der Waals surface area (Å²) in [5.74, 6) is 7.86. The van der Waals surface area contributed by atoms with Crippen LogP contribution in [0.15, 0.2) is 64.8 Å². The van der Waals surface area contributed by atoms with Gasteiger partial charge < -0.3 is 28.2 Å². The maximum absolute atomic E-state index is 9.88. The third-order valence-corrected chi connectivity index (χ3v) is 9.07. The lowest BCUT2D eigenvalue weighted by Crippen LogP contribution is -2.31. The highest BCUT2D eigenvalue weighted by molar-refractivity contribution is 7.98. The zero-order chi connectivity index (χ0) is 34.1. The number of nitrogens with zero attached hydrogens (tertiary/aromatic N) is 9. The molecule has 1 aromatic carbocycles. The first-order chi connectivity index (χ1) is 23.7. The van der Waals surface area contributed by atoms with Gasteiger partial charge in [0.25, 0.3) is 0 Å². The molecule has 4 atom stereocenters. The molecule has 2 fully saturated rings. The molecule has 14 heteroatoms. The van der Waals surface area contributed by atoms with E-state index >= 15 is 0 Å². The fraction of sp³-hybridized carbons (Fsp3) is 0.343. The molecule has 2 aliphatic rings. The van der Waals surface area contributed by atoms with Crippen molar-refractivity contribution in [2.45, 2.75) is 56.9 Å². The molecule has 0 amide bonds. The Kier molecular flexibility index (Phi) is 8.88. The van der Waals surface area contributed by atoms with Gasteiger partial charge >= 0.3 is 0 Å². The molecular weight excluding hydrogens is 643 g/mol. The van der Waals surface area contributed by atoms with E-state index in [4.69, 9.17) is 18.7 Å². The molecule has 13 nitrogen and oxygen atoms in total. The molecule has 0 unspecified atom stereocenters. The minimum atomic E-state index is -0.835. The molecule has 4 aromatic heterocycles. The quantitative estimate of drug-likeness (QED) is 0.123. The maximum Gasteiger partial charge on any atom is 0.236 e. The van der Waals surface area contributed by atoms with Crippen molar-refractivity contribution in [1.82, 2.24) is 34.6 Å². The third kappa shape index (κ3) is 6.64. The molecule has 0 spiro atoms. The summed E-state index contributed by atoms with van der Waals surface area (Å²) in [7, 11) is 3.70. The van der Waals surface area contributed by atoms with E-state index in [1.165, 1.54) is 6.33 Å². The highest BCUT2D eigenvalue weighted by Crippen LogP contribution is 2.46. The number of nitriles is 1. The summed E-state index contributed by atoms with van der Waals surface area (Å²) >= 11 is 1.71. The molecule has 7 rings (SSSR count). The largest absolute Gasteiger partial charge is 0.369 e. The zero-order valence-electron chi connectivity index (χ0n) is 27.6. The first kappa shape index (κ1) is 32.4. The van der Waals surface area contributed by atoms with Gasteiger partial charge in [0.2, 0.25) is 5.82 Å². The number of benzene rings is 1. The van der Waals surface area contributed by atoms with Crippen molar-refractivity contribution in [2.24, 2.45) is 4.99 Å². The van der Waals surface area contributed by atoms with Crippen molar-refractivity contribution in [1.29, 1.82) is 5.26 Å². The summed E-state index contributed by atoms with van der Waals surface area (Å²) in [5, 5.41) is 14.7. The number of hydrogen-bond donors (Lipinski definition) is 0. The van der Waals surface area contributed by atoms with E-state index in [2.05, 4.69) is 48.0 Å². The van der Waals surface area contributed by atoms with Crippen molar-refractivity contribution in [3.05, 3.63) is 83.5 Å². The molecule has 2 aliphatic heterocycles. The molecule has 0 aliphatic carbocycles. The van der Waals surface area contributed by atoms with Crippen molar-refractivity contribution >= 4 is 35.0 Å². The minimum Gasteiger partial charge on any atom is -0.369 e. The average Bonchev–Trinajstić information content (AvgIpc) is 3.83. The Labute approximate surface area is 287 Å². The van der Waals surface area contributed by atoms with Crippen LogP contribution in [0.4, 0.5) is 5.82 Å². The predicted octanol–water partition coefficient (Wildman–Crippen LogP) is 5.03. The molecular formula is C35H33N9O4S. The summed E-state index contributed by atoms with van der Waals surface area (Å²) in [6, 6.07) is 12.0. The summed E-state index contributed by atoms with van der Waals surface area (Å²) in [4.78, 5) is 23.6. The monoisotopic (exact) mass is 675 g/mol. The van der Waals surface area contributed by atoms with Crippen LogP contribution in [0.25, 0.3) is 22.4 Å². The van der Waals surface area contributed by atoms with Crippen LogP contribution in [-0.4, -0.2) is 84.8 Å². The number of rotatable bonds is 8. The van der Waals surface area contributed by atoms with Gasteiger partial charge in [0.05, 0.1) is 34.6 Å². The average molecular weight is 676 g/mol. The summed E-state index contributed by atoms with van der Waals surface area (Å²) < 4.78 is 27.3. The molecule has 49 heavy (non-hydrogen) atoms. The number of fused-ring (bicyclic) bond motifs is 2. The van der Waals surface area contributed by atoms with Gasteiger partial charge in [-0.1, -0.05) is 47.3 Å². The van der Waals surface area contributed by atoms with Crippen LogP contribution in [0, 0.1) is 30.1 Å². The van der Waals surface area contributed by atoms with Crippen molar-refractivity contribution in [2.75, 3.05) is 19.8 Å². The highest BCUT2D eigenvalue weighted by atomic mass is 32.2. The molecule has 0 N–H and O–H groups in total. The zero-order valence-corrected chi connectivity index (χ0v) is 28.4. The number of aromatic nitrogens is 6. The van der Waals surface area contributed by atoms with Gasteiger partial charge in [-0.15, -0.1) is 0 Å². The van der Waals surface area contributed by atoms with Gasteiger partial charge in [-0.2, -0.15) is 22.0 Å². The smallest absolute Gasteiger partial charge is 0.236 e. The SMILES string of the molecule is Cc1noc(-c2ccccc2)c1CSC[C@H]1O[C@@H](n2cc(C#Cc3cncnc3)c3c(N=CN(C)C)nc(C#N)nc32)[C@@H]2OC(C)(C)O[C@@H]21. The van der Waals surface area contributed by atoms with E-state index < -0.39 is 18.1 Å². The van der Waals surface area contributed by atoms with Crippen LogP contribution in [0.2, 0.25) is 0 Å². The van der Waals surface area contributed by atoms with E-state index in [1.807, 2.05) is 76.0 Å². The molecule has 0 bridgehead atoms. The fourth-order valence-corrected chi connectivity index (χ4v) is 7.07. The van der Waals surface area contributed by atoms with Gasteiger partial charge in [-0.05, 0) is 20.8 Å². The Morgan fingerprint density at radius 1 is 1.08 bits per heavy atom. The first-order valence-corrected chi connectivity index (χ1v) is 16.8. The van der Waals surface area contributed by atoms with Crippen molar-refractivity contribution in [3.8, 4) is 29.2 Å². The summed E-state index contributed by atoms with van der Waals surface area (Å²) in [6.07, 6.45) is 6.41. The van der Waals surface area contributed by atoms with E-state index in [0.29, 0.717) is 39.5 Å². The lowest BCUT2D eigenvalue weighted by atomic mass is 10.1. The number of ether oxygens (including phenoxy) is 3. The standard InChI is InChI=1S/C35H33N9O4S/c1-21-25(29(48-42-21)23-9-7-6-8-10-23)17-49-18-26-30-31(47-35(2,3)46-30)34(45-26)44-16-24(12-11-22-14-37-19-38-15-22)28-32(39-20-43(4)5)40-27(13-36)41-33(28)44/h6-10,14-16,19-20,26,30-31,34H,17-18H2,1-5H3/t26-,30-,31-,34-/m1/s1. The lowest BCUT2D eigenvalue weighted by molar-refractivity contribution is -0.193.